The van der Waals surface area contributed by atoms with Crippen molar-refractivity contribution in [2.45, 2.75) is 11.3 Å². The van der Waals surface area contributed by atoms with Crippen LogP contribution >= 0.6 is 24.0 Å². The van der Waals surface area contributed by atoms with Crippen LogP contribution in [0.15, 0.2) is 58.4 Å². The van der Waals surface area contributed by atoms with Gasteiger partial charge in [0.05, 0.1) is 11.4 Å². The van der Waals surface area contributed by atoms with Crippen molar-refractivity contribution in [3.05, 3.63) is 59.9 Å². The van der Waals surface area contributed by atoms with Gasteiger partial charge in [0.15, 0.2) is 27.4 Å². The molecule has 0 aliphatic rings. The Bertz CT molecular complexity index is 905. The molecule has 2 aromatic carbocycles. The van der Waals surface area contributed by atoms with Crippen molar-refractivity contribution in [1.29, 1.82) is 0 Å². The van der Waals surface area contributed by atoms with Crippen LogP contribution in [-0.2, 0) is 16.3 Å². The van der Waals surface area contributed by atoms with E-state index in [0.29, 0.717) is 30.6 Å². The topological polar surface area (TPSA) is 71.0 Å². The maximum absolute atomic E-state index is 13.5. The number of aliphatic imine (C=N–C) groups is 1. The summed E-state index contributed by atoms with van der Waals surface area (Å²) in [7, 11) is 0.391. The maximum Gasteiger partial charge on any atom is 0.193 e. The van der Waals surface area contributed by atoms with E-state index in [9.17, 15) is 12.8 Å². The molecule has 160 valence electrons. The number of hydrogen-bond donors (Lipinski definition) is 1. The zero-order valence-corrected chi connectivity index (χ0v) is 19.9. The number of nitrogens with zero attached hydrogens (tertiary/aromatic N) is 2. The molecule has 0 aromatic heterocycles. The van der Waals surface area contributed by atoms with E-state index in [0.717, 1.165) is 12.0 Å². The molecule has 29 heavy (non-hydrogen) atoms. The molecule has 0 saturated heterocycles. The van der Waals surface area contributed by atoms with Gasteiger partial charge in [-0.1, -0.05) is 24.3 Å². The zero-order valence-electron chi connectivity index (χ0n) is 16.8. The molecule has 2 aromatic rings. The number of likely N-dealkylation sites (N-methyl/N-ethyl adjacent to an activating group) is 1. The number of benzene rings is 2. The summed E-state index contributed by atoms with van der Waals surface area (Å²) < 4.78 is 42.0. The number of sulfone groups is 1. The van der Waals surface area contributed by atoms with E-state index in [-0.39, 0.29) is 35.5 Å². The van der Waals surface area contributed by atoms with Crippen molar-refractivity contribution in [2.75, 3.05) is 40.0 Å². The van der Waals surface area contributed by atoms with E-state index in [1.54, 1.807) is 37.4 Å². The number of para-hydroxylation sites is 1. The number of halogens is 2. The van der Waals surface area contributed by atoms with Gasteiger partial charge in [-0.3, -0.25) is 4.99 Å². The first-order chi connectivity index (χ1) is 13.3. The van der Waals surface area contributed by atoms with Crippen LogP contribution < -0.4 is 10.1 Å². The molecule has 9 heteroatoms. The Morgan fingerprint density at radius 2 is 1.83 bits per heavy atom. The highest BCUT2D eigenvalue weighted by Gasteiger charge is 2.08. The van der Waals surface area contributed by atoms with E-state index in [1.807, 2.05) is 24.1 Å². The minimum absolute atomic E-state index is 0. The third-order valence-electron chi connectivity index (χ3n) is 4.14. The summed E-state index contributed by atoms with van der Waals surface area (Å²) in [6.07, 6.45) is 1.92. The quantitative estimate of drug-likeness (QED) is 0.320. The summed E-state index contributed by atoms with van der Waals surface area (Å²) in [5.74, 6) is 0.552. The van der Waals surface area contributed by atoms with Crippen LogP contribution in [0, 0.1) is 5.82 Å². The van der Waals surface area contributed by atoms with Crippen LogP contribution in [0.2, 0.25) is 0 Å². The van der Waals surface area contributed by atoms with Gasteiger partial charge in [0.2, 0.25) is 0 Å². The molecular formula is C20H27FIN3O3S. The number of nitrogens with one attached hydrogen (secondary N) is 1. The molecule has 0 amide bonds. The van der Waals surface area contributed by atoms with E-state index in [4.69, 9.17) is 4.74 Å². The highest BCUT2D eigenvalue weighted by Crippen LogP contribution is 2.15. The van der Waals surface area contributed by atoms with Crippen LogP contribution in [0.3, 0.4) is 0 Å². The first kappa shape index (κ1) is 25.2. The lowest BCUT2D eigenvalue weighted by Gasteiger charge is -2.22. The van der Waals surface area contributed by atoms with Gasteiger partial charge in [0.25, 0.3) is 0 Å². The largest absolute Gasteiger partial charge is 0.489 e. The predicted octanol–water partition coefficient (Wildman–Crippen LogP) is 2.98. The molecule has 0 unspecified atom stereocenters. The smallest absolute Gasteiger partial charge is 0.193 e. The Labute approximate surface area is 189 Å². The van der Waals surface area contributed by atoms with Crippen molar-refractivity contribution in [3.8, 4) is 5.75 Å². The normalized spacial score (nSPS) is 11.5. The lowest BCUT2D eigenvalue weighted by atomic mass is 10.1. The average Bonchev–Trinajstić information content (AvgIpc) is 2.66. The standard InChI is InChI=1S/C20H26FN3O3S.HI/c1-22-20(24(2)14-15-27-19-7-5-4-6-18(19)21)23-13-12-16-8-10-17(11-9-16)28(3,25)26;/h4-11H,12-15H2,1-3H3,(H,22,23);1H. The highest BCUT2D eigenvalue weighted by molar-refractivity contribution is 14.0. The van der Waals surface area contributed by atoms with Crippen molar-refractivity contribution in [1.82, 2.24) is 10.2 Å². The molecule has 0 fully saturated rings. The van der Waals surface area contributed by atoms with Crippen molar-refractivity contribution >= 4 is 39.8 Å². The molecule has 0 atom stereocenters. The summed E-state index contributed by atoms with van der Waals surface area (Å²) in [6, 6.07) is 13.2. The van der Waals surface area contributed by atoms with E-state index >= 15 is 0 Å². The maximum atomic E-state index is 13.5. The van der Waals surface area contributed by atoms with E-state index in [1.165, 1.54) is 12.3 Å². The van der Waals surface area contributed by atoms with Gasteiger partial charge in [-0.2, -0.15) is 0 Å². The predicted molar refractivity (Wildman–Crippen MR) is 125 cm³/mol. The molecule has 0 radical (unpaired) electrons. The van der Waals surface area contributed by atoms with E-state index < -0.39 is 9.84 Å². The van der Waals surface area contributed by atoms with Gasteiger partial charge in [-0.05, 0) is 36.2 Å². The second-order valence-electron chi connectivity index (χ2n) is 6.34. The molecule has 0 spiro atoms. The van der Waals surface area contributed by atoms with Crippen LogP contribution in [-0.4, -0.2) is 59.3 Å². The summed E-state index contributed by atoms with van der Waals surface area (Å²) in [5.41, 5.74) is 1.03. The van der Waals surface area contributed by atoms with Gasteiger partial charge < -0.3 is 15.0 Å². The highest BCUT2D eigenvalue weighted by atomic mass is 127. The lowest BCUT2D eigenvalue weighted by Crippen LogP contribution is -2.41. The molecule has 6 nitrogen and oxygen atoms in total. The Balaban J connectivity index is 0.00000420. The fraction of sp³-hybridized carbons (Fsp3) is 0.350. The Morgan fingerprint density at radius 3 is 2.41 bits per heavy atom. The third-order valence-corrected chi connectivity index (χ3v) is 5.27. The summed E-state index contributed by atoms with van der Waals surface area (Å²) in [4.78, 5) is 6.44. The molecular weight excluding hydrogens is 508 g/mol. The molecule has 0 aliphatic carbocycles. The zero-order chi connectivity index (χ0) is 20.6. The number of rotatable bonds is 8. The van der Waals surface area contributed by atoms with Crippen molar-refractivity contribution < 1.29 is 17.5 Å². The van der Waals surface area contributed by atoms with Gasteiger partial charge >= 0.3 is 0 Å². The van der Waals surface area contributed by atoms with Gasteiger partial charge in [0, 0.05) is 26.9 Å². The van der Waals surface area contributed by atoms with Crippen LogP contribution in [0.5, 0.6) is 5.75 Å². The van der Waals surface area contributed by atoms with Gasteiger partial charge in [0.1, 0.15) is 6.61 Å². The summed E-state index contributed by atoms with van der Waals surface area (Å²) >= 11 is 0. The second kappa shape index (κ2) is 12.0. The molecule has 0 aliphatic heterocycles. The van der Waals surface area contributed by atoms with Crippen molar-refractivity contribution in [2.24, 2.45) is 4.99 Å². The van der Waals surface area contributed by atoms with Crippen LogP contribution in [0.25, 0.3) is 0 Å². The molecule has 0 heterocycles. The third kappa shape index (κ3) is 8.17. The second-order valence-corrected chi connectivity index (χ2v) is 8.36. The van der Waals surface area contributed by atoms with Crippen LogP contribution in [0.1, 0.15) is 5.56 Å². The monoisotopic (exact) mass is 535 g/mol. The molecule has 2 rings (SSSR count). The van der Waals surface area contributed by atoms with Crippen molar-refractivity contribution in [3.63, 3.8) is 0 Å². The fourth-order valence-electron chi connectivity index (χ4n) is 2.57. The SMILES string of the molecule is CN=C(NCCc1ccc(S(C)(=O)=O)cc1)N(C)CCOc1ccccc1F.I. The summed E-state index contributed by atoms with van der Waals surface area (Å²) in [6.45, 7) is 1.51. The lowest BCUT2D eigenvalue weighted by molar-refractivity contribution is 0.270. The fourth-order valence-corrected chi connectivity index (χ4v) is 3.20. The molecule has 0 bridgehead atoms. The number of hydrogen-bond acceptors (Lipinski definition) is 4. The molecule has 0 saturated carbocycles. The minimum Gasteiger partial charge on any atom is -0.489 e. The Morgan fingerprint density at radius 1 is 1.17 bits per heavy atom. The Kier molecular flexibility index (Phi) is 10.4. The first-order valence-electron chi connectivity index (χ1n) is 8.89. The molecule has 1 N–H and O–H groups in total. The number of guanidine groups is 1. The average molecular weight is 535 g/mol. The van der Waals surface area contributed by atoms with Gasteiger partial charge in [-0.25, -0.2) is 12.8 Å². The minimum atomic E-state index is -3.18. The first-order valence-corrected chi connectivity index (χ1v) is 10.8. The Hall–Kier alpha value is -1.88. The van der Waals surface area contributed by atoms with Gasteiger partial charge in [-0.15, -0.1) is 24.0 Å². The number of ether oxygens (including phenoxy) is 1. The van der Waals surface area contributed by atoms with E-state index in [2.05, 4.69) is 10.3 Å². The summed E-state index contributed by atoms with van der Waals surface area (Å²) in [5, 5.41) is 3.25. The van der Waals surface area contributed by atoms with Crippen LogP contribution in [0.4, 0.5) is 4.39 Å².